The van der Waals surface area contributed by atoms with Crippen LogP contribution in [0.5, 0.6) is 5.75 Å². The molecule has 2 atom stereocenters. The molecule has 1 aromatic carbocycles. The molecule has 3 saturated heterocycles. The van der Waals surface area contributed by atoms with Crippen molar-refractivity contribution in [1.29, 1.82) is 0 Å². The molecule has 6 rings (SSSR count). The molecule has 0 spiro atoms. The molecule has 7 nitrogen and oxygen atoms in total. The zero-order chi connectivity index (χ0) is 25.2. The number of piperazine rings is 1. The molecule has 0 bridgehead atoms. The minimum absolute atomic E-state index is 0.00954. The molecule has 10 heteroatoms. The number of aromatic nitrogens is 1. The molecule has 5 heterocycles. The average Bonchev–Trinajstić information content (AvgIpc) is 3.06. The Balaban J connectivity index is 1.51. The molecule has 3 fully saturated rings. The van der Waals surface area contributed by atoms with Crippen LogP contribution in [0.15, 0.2) is 24.3 Å². The van der Waals surface area contributed by atoms with Crippen LogP contribution in [0, 0.1) is 11.6 Å². The Morgan fingerprint density at radius 2 is 1.92 bits per heavy atom. The van der Waals surface area contributed by atoms with E-state index in [2.05, 4.69) is 15.2 Å². The first-order valence-corrected chi connectivity index (χ1v) is 12.5. The van der Waals surface area contributed by atoms with E-state index in [1.54, 1.807) is 11.0 Å². The summed E-state index contributed by atoms with van der Waals surface area (Å²) in [4.78, 5) is 24.4. The van der Waals surface area contributed by atoms with Crippen LogP contribution in [0.3, 0.4) is 0 Å². The van der Waals surface area contributed by atoms with Gasteiger partial charge in [-0.3, -0.25) is 9.69 Å². The number of pyridine rings is 1. The van der Waals surface area contributed by atoms with E-state index in [-0.39, 0.29) is 47.2 Å². The summed E-state index contributed by atoms with van der Waals surface area (Å²) in [6.45, 7) is 7.11. The zero-order valence-electron chi connectivity index (χ0n) is 20.4. The molecule has 4 aliphatic heterocycles. The predicted octanol–water partition coefficient (Wildman–Crippen LogP) is 2.84. The highest BCUT2D eigenvalue weighted by molar-refractivity contribution is 6.03. The van der Waals surface area contributed by atoms with E-state index in [4.69, 9.17) is 4.74 Å². The van der Waals surface area contributed by atoms with E-state index in [1.807, 2.05) is 18.7 Å². The third-order valence-electron chi connectivity index (χ3n) is 7.95. The molecule has 0 radical (unpaired) electrons. The number of carbonyl (C=O) groups excluding carboxylic acids is 1. The van der Waals surface area contributed by atoms with Gasteiger partial charge in [-0.2, -0.15) is 0 Å². The third-order valence-corrected chi connectivity index (χ3v) is 7.95. The molecule has 1 unspecified atom stereocenters. The summed E-state index contributed by atoms with van der Waals surface area (Å²) in [6.07, 6.45) is -0.0943. The Hall–Kier alpha value is -2.85. The monoisotopic (exact) mass is 501 g/mol. The lowest BCUT2D eigenvalue weighted by molar-refractivity contribution is 0.0324. The van der Waals surface area contributed by atoms with Gasteiger partial charge in [0.1, 0.15) is 35.7 Å². The number of rotatable bonds is 3. The Morgan fingerprint density at radius 1 is 1.14 bits per heavy atom. The van der Waals surface area contributed by atoms with Crippen molar-refractivity contribution < 1.29 is 22.7 Å². The molecular formula is C26H30F3N5O2. The van der Waals surface area contributed by atoms with Crippen LogP contribution < -0.4 is 15.0 Å². The van der Waals surface area contributed by atoms with Gasteiger partial charge in [-0.25, -0.2) is 18.2 Å². The maximum absolute atomic E-state index is 16.0. The molecule has 2 aromatic rings. The number of halogens is 3. The van der Waals surface area contributed by atoms with Gasteiger partial charge in [0.15, 0.2) is 11.6 Å². The van der Waals surface area contributed by atoms with Crippen LogP contribution in [0.25, 0.3) is 11.3 Å². The number of ether oxygens (including phenoxy) is 1. The Kier molecular flexibility index (Phi) is 5.64. The van der Waals surface area contributed by atoms with E-state index in [1.165, 1.54) is 18.2 Å². The van der Waals surface area contributed by atoms with Gasteiger partial charge >= 0.3 is 0 Å². The Morgan fingerprint density at radius 3 is 2.67 bits per heavy atom. The molecule has 1 N–H and O–H groups in total. The van der Waals surface area contributed by atoms with Crippen LogP contribution >= 0.6 is 0 Å². The lowest BCUT2D eigenvalue weighted by Gasteiger charge is -2.39. The molecular weight excluding hydrogens is 471 g/mol. The maximum Gasteiger partial charge on any atom is 0.261 e. The van der Waals surface area contributed by atoms with Gasteiger partial charge in [-0.1, -0.05) is 12.1 Å². The molecule has 0 saturated carbocycles. The summed E-state index contributed by atoms with van der Waals surface area (Å²) >= 11 is 0. The van der Waals surface area contributed by atoms with E-state index < -0.39 is 23.3 Å². The highest BCUT2D eigenvalue weighted by atomic mass is 19.1. The van der Waals surface area contributed by atoms with Crippen molar-refractivity contribution >= 4 is 11.7 Å². The van der Waals surface area contributed by atoms with Gasteiger partial charge < -0.3 is 19.9 Å². The first-order valence-electron chi connectivity index (χ1n) is 12.5. The average molecular weight is 502 g/mol. The number of hydrogen-bond acceptors (Lipinski definition) is 6. The van der Waals surface area contributed by atoms with Gasteiger partial charge in [-0.05, 0) is 32.4 Å². The summed E-state index contributed by atoms with van der Waals surface area (Å²) < 4.78 is 50.4. The molecule has 36 heavy (non-hydrogen) atoms. The summed E-state index contributed by atoms with van der Waals surface area (Å²) in [5, 5.41) is 3.26. The molecule has 0 aliphatic carbocycles. The number of nitrogens with zero attached hydrogens (tertiary/aromatic N) is 4. The van der Waals surface area contributed by atoms with E-state index in [9.17, 15) is 13.6 Å². The highest BCUT2D eigenvalue weighted by Crippen LogP contribution is 2.44. The van der Waals surface area contributed by atoms with Crippen molar-refractivity contribution in [2.24, 2.45) is 0 Å². The minimum atomic E-state index is -0.837. The number of hydrogen-bond donors (Lipinski definition) is 1. The van der Waals surface area contributed by atoms with Gasteiger partial charge in [0.2, 0.25) is 0 Å². The smallest absolute Gasteiger partial charge is 0.261 e. The second-order valence-corrected chi connectivity index (χ2v) is 10.8. The van der Waals surface area contributed by atoms with Crippen molar-refractivity contribution in [3.05, 3.63) is 41.5 Å². The summed E-state index contributed by atoms with van der Waals surface area (Å²) in [6, 6.07) is 5.71. The topological polar surface area (TPSA) is 60.9 Å². The molecule has 192 valence electrons. The Bertz CT molecular complexity index is 1200. The summed E-state index contributed by atoms with van der Waals surface area (Å²) in [5.41, 5.74) is -0.542. The summed E-state index contributed by atoms with van der Waals surface area (Å²) in [5.74, 6) is -1.66. The minimum Gasteiger partial charge on any atom is -0.487 e. The van der Waals surface area contributed by atoms with Crippen molar-refractivity contribution in [3.8, 4) is 17.0 Å². The summed E-state index contributed by atoms with van der Waals surface area (Å²) in [7, 11) is 0. The number of amides is 1. The second-order valence-electron chi connectivity index (χ2n) is 10.8. The first kappa shape index (κ1) is 23.5. The largest absolute Gasteiger partial charge is 0.487 e. The van der Waals surface area contributed by atoms with E-state index >= 15 is 4.39 Å². The fourth-order valence-corrected chi connectivity index (χ4v) is 5.97. The van der Waals surface area contributed by atoms with Crippen molar-refractivity contribution in [3.63, 3.8) is 0 Å². The van der Waals surface area contributed by atoms with Crippen LogP contribution in [0.1, 0.15) is 30.6 Å². The number of benzene rings is 1. The standard InChI is InChI=1S/C26H30F3N5O2/c1-26(2)9-16(32-11-15(27)12-32)13-34(26)24-20-23(36-14-17-10-30-7-8-33(17)25(20)35)21(29)22(31-24)18-5-3-4-6-19(18)28/h3-6,15-17,30H,7-14H2,1-2H3/t16-,17?/m0/s1. The van der Waals surface area contributed by atoms with Crippen molar-refractivity contribution in [1.82, 2.24) is 20.1 Å². The normalized spacial score (nSPS) is 26.2. The second kappa shape index (κ2) is 8.62. The number of likely N-dealkylation sites (tertiary alicyclic amines) is 1. The lowest BCUT2D eigenvalue weighted by atomic mass is 9.97. The maximum atomic E-state index is 16.0. The van der Waals surface area contributed by atoms with Crippen LogP contribution in [0.2, 0.25) is 0 Å². The van der Waals surface area contributed by atoms with Crippen LogP contribution in [0.4, 0.5) is 19.0 Å². The quantitative estimate of drug-likeness (QED) is 0.698. The van der Waals surface area contributed by atoms with Crippen molar-refractivity contribution in [2.75, 3.05) is 50.8 Å². The number of nitrogens with one attached hydrogen (secondary N) is 1. The van der Waals surface area contributed by atoms with Crippen LogP contribution in [-0.4, -0.2) is 90.4 Å². The van der Waals surface area contributed by atoms with Crippen LogP contribution in [-0.2, 0) is 0 Å². The van der Waals surface area contributed by atoms with Gasteiger partial charge in [0, 0.05) is 56.4 Å². The van der Waals surface area contributed by atoms with Gasteiger partial charge in [-0.15, -0.1) is 0 Å². The fourth-order valence-electron chi connectivity index (χ4n) is 5.97. The molecule has 1 aromatic heterocycles. The Labute approximate surface area is 208 Å². The predicted molar refractivity (Wildman–Crippen MR) is 129 cm³/mol. The van der Waals surface area contributed by atoms with Gasteiger partial charge in [0.25, 0.3) is 5.91 Å². The first-order chi connectivity index (χ1) is 17.2. The number of fused-ring (bicyclic) bond motifs is 2. The molecule has 1 amide bonds. The number of anilines is 1. The van der Waals surface area contributed by atoms with Crippen molar-refractivity contribution in [2.45, 2.75) is 44.1 Å². The number of alkyl halides is 1. The molecule has 4 aliphatic rings. The SMILES string of the molecule is CC1(C)C[C@H](N2CC(F)C2)CN1c1nc(-c2ccccc2F)c(F)c2c1C(=O)N1CCNCC1CO2. The zero-order valence-corrected chi connectivity index (χ0v) is 20.4. The van der Waals surface area contributed by atoms with Gasteiger partial charge in [0.05, 0.1) is 6.04 Å². The lowest BCUT2D eigenvalue weighted by Crippen LogP contribution is -2.55. The van der Waals surface area contributed by atoms with E-state index in [0.717, 1.165) is 6.42 Å². The fraction of sp³-hybridized carbons (Fsp3) is 0.538. The van der Waals surface area contributed by atoms with E-state index in [0.29, 0.717) is 45.1 Å². The number of carbonyl (C=O) groups is 1. The highest BCUT2D eigenvalue weighted by Gasteiger charge is 2.48. The third kappa shape index (κ3) is 3.73.